The van der Waals surface area contributed by atoms with E-state index < -0.39 is 0 Å². The van der Waals surface area contributed by atoms with Gasteiger partial charge in [0, 0.05) is 4.88 Å². The van der Waals surface area contributed by atoms with Crippen molar-refractivity contribution >= 4 is 39.3 Å². The molecular weight excluding hydrogens is 344 g/mol. The highest BCUT2D eigenvalue weighted by Crippen LogP contribution is 2.34. The zero-order chi connectivity index (χ0) is 17.1. The standard InChI is InChI=1S/C17H22N2O3S2/c1-3-9-22-16(21)11(4-2)24-17-18-14(20)13-10-7-5-6-8-12(10)23-15(13)19-17/h11H,3-9H2,1-2H3,(H,18,19,20)/t11-/m0/s1. The van der Waals surface area contributed by atoms with Gasteiger partial charge in [-0.1, -0.05) is 25.6 Å². The number of fused-ring (bicyclic) bond motifs is 3. The van der Waals surface area contributed by atoms with Gasteiger partial charge < -0.3 is 9.72 Å². The molecule has 2 heterocycles. The van der Waals surface area contributed by atoms with Gasteiger partial charge in [-0.15, -0.1) is 11.3 Å². The van der Waals surface area contributed by atoms with Crippen LogP contribution in [0, 0.1) is 0 Å². The van der Waals surface area contributed by atoms with Crippen molar-refractivity contribution in [3.8, 4) is 0 Å². The molecule has 1 atom stereocenters. The Morgan fingerprint density at radius 1 is 1.38 bits per heavy atom. The van der Waals surface area contributed by atoms with Crippen LogP contribution in [0.2, 0.25) is 0 Å². The number of hydrogen-bond acceptors (Lipinski definition) is 6. The molecule has 0 unspecified atom stereocenters. The molecule has 1 N–H and O–H groups in total. The molecule has 24 heavy (non-hydrogen) atoms. The highest BCUT2D eigenvalue weighted by molar-refractivity contribution is 8.00. The van der Waals surface area contributed by atoms with Crippen LogP contribution >= 0.6 is 23.1 Å². The van der Waals surface area contributed by atoms with Crippen molar-refractivity contribution in [2.24, 2.45) is 0 Å². The van der Waals surface area contributed by atoms with Crippen molar-refractivity contribution in [3.05, 3.63) is 20.8 Å². The Bertz CT molecular complexity index is 797. The van der Waals surface area contributed by atoms with Crippen LogP contribution in [0.3, 0.4) is 0 Å². The summed E-state index contributed by atoms with van der Waals surface area (Å²) >= 11 is 2.91. The number of esters is 1. The summed E-state index contributed by atoms with van der Waals surface area (Å²) in [5.74, 6) is -0.238. The van der Waals surface area contributed by atoms with Gasteiger partial charge in [0.05, 0.1) is 12.0 Å². The van der Waals surface area contributed by atoms with Crippen molar-refractivity contribution in [1.29, 1.82) is 0 Å². The molecule has 7 heteroatoms. The third kappa shape index (κ3) is 3.52. The number of aromatic nitrogens is 2. The monoisotopic (exact) mass is 366 g/mol. The van der Waals surface area contributed by atoms with Crippen LogP contribution in [-0.2, 0) is 22.4 Å². The van der Waals surface area contributed by atoms with Gasteiger partial charge in [0.15, 0.2) is 5.16 Å². The van der Waals surface area contributed by atoms with Gasteiger partial charge in [0.2, 0.25) is 0 Å². The smallest absolute Gasteiger partial charge is 0.319 e. The number of carbonyl (C=O) groups is 1. The lowest BCUT2D eigenvalue weighted by molar-refractivity contribution is -0.143. The molecular formula is C17H22N2O3S2. The van der Waals surface area contributed by atoms with E-state index >= 15 is 0 Å². The van der Waals surface area contributed by atoms with Crippen molar-refractivity contribution < 1.29 is 9.53 Å². The second kappa shape index (κ2) is 7.70. The van der Waals surface area contributed by atoms with E-state index in [4.69, 9.17) is 4.74 Å². The SMILES string of the molecule is CCCOC(=O)[C@H](CC)Sc1nc2sc3c(c2c(=O)[nH]1)CCCC3. The van der Waals surface area contributed by atoms with Crippen molar-refractivity contribution in [2.45, 2.75) is 62.8 Å². The molecule has 5 nitrogen and oxygen atoms in total. The van der Waals surface area contributed by atoms with Gasteiger partial charge in [-0.25, -0.2) is 4.98 Å². The van der Waals surface area contributed by atoms with Gasteiger partial charge in [-0.3, -0.25) is 9.59 Å². The maximum absolute atomic E-state index is 12.5. The van der Waals surface area contributed by atoms with Crippen LogP contribution in [0.25, 0.3) is 10.2 Å². The molecule has 1 aliphatic rings. The zero-order valence-electron chi connectivity index (χ0n) is 14.0. The first-order valence-corrected chi connectivity index (χ1v) is 10.2. The fourth-order valence-electron chi connectivity index (χ4n) is 2.93. The summed E-state index contributed by atoms with van der Waals surface area (Å²) in [6.45, 7) is 4.33. The summed E-state index contributed by atoms with van der Waals surface area (Å²) in [6, 6.07) is 0. The first kappa shape index (κ1) is 17.5. The number of ether oxygens (including phenoxy) is 1. The Kier molecular flexibility index (Phi) is 5.61. The van der Waals surface area contributed by atoms with E-state index in [0.717, 1.165) is 35.9 Å². The van der Waals surface area contributed by atoms with Crippen LogP contribution in [-0.4, -0.2) is 27.8 Å². The Labute approximate surface area is 149 Å². The largest absolute Gasteiger partial charge is 0.465 e. The predicted octanol–water partition coefficient (Wildman–Crippen LogP) is 3.69. The van der Waals surface area contributed by atoms with Crippen LogP contribution in [0.5, 0.6) is 0 Å². The molecule has 0 saturated heterocycles. The number of hydrogen-bond donors (Lipinski definition) is 1. The number of aryl methyl sites for hydroxylation is 2. The van der Waals surface area contributed by atoms with Crippen LogP contribution in [0.4, 0.5) is 0 Å². The number of nitrogens with zero attached hydrogens (tertiary/aromatic N) is 1. The number of nitrogens with one attached hydrogen (secondary N) is 1. The van der Waals surface area contributed by atoms with Crippen molar-refractivity contribution in [2.75, 3.05) is 6.61 Å². The lowest BCUT2D eigenvalue weighted by Gasteiger charge is -2.12. The lowest BCUT2D eigenvalue weighted by atomic mass is 9.97. The molecule has 130 valence electrons. The molecule has 1 aliphatic carbocycles. The van der Waals surface area contributed by atoms with Crippen LogP contribution < -0.4 is 5.56 Å². The maximum Gasteiger partial charge on any atom is 0.319 e. The van der Waals surface area contributed by atoms with Gasteiger partial charge in [-0.05, 0) is 44.1 Å². The number of thiophene rings is 1. The number of aromatic amines is 1. The van der Waals surface area contributed by atoms with E-state index in [0.29, 0.717) is 18.2 Å². The second-order valence-electron chi connectivity index (χ2n) is 5.94. The molecule has 0 amide bonds. The first-order valence-electron chi connectivity index (χ1n) is 8.51. The predicted molar refractivity (Wildman–Crippen MR) is 98.1 cm³/mol. The van der Waals surface area contributed by atoms with E-state index in [9.17, 15) is 9.59 Å². The van der Waals surface area contributed by atoms with Crippen LogP contribution in [0.15, 0.2) is 9.95 Å². The van der Waals surface area contributed by atoms with E-state index in [2.05, 4.69) is 9.97 Å². The average Bonchev–Trinajstić information content (AvgIpc) is 2.96. The van der Waals surface area contributed by atoms with Gasteiger partial charge in [0.25, 0.3) is 5.56 Å². The van der Waals surface area contributed by atoms with Crippen LogP contribution in [0.1, 0.15) is 50.0 Å². The summed E-state index contributed by atoms with van der Waals surface area (Å²) in [7, 11) is 0. The van der Waals surface area contributed by atoms with E-state index in [1.165, 1.54) is 28.6 Å². The average molecular weight is 367 g/mol. The normalized spacial score (nSPS) is 15.2. The number of rotatable bonds is 6. The Hall–Kier alpha value is -1.34. The second-order valence-corrected chi connectivity index (χ2v) is 8.22. The highest BCUT2D eigenvalue weighted by atomic mass is 32.2. The maximum atomic E-state index is 12.5. The summed E-state index contributed by atoms with van der Waals surface area (Å²) < 4.78 is 5.22. The minimum Gasteiger partial charge on any atom is -0.465 e. The molecule has 0 radical (unpaired) electrons. The van der Waals surface area contributed by atoms with E-state index in [1.54, 1.807) is 11.3 Å². The minimum atomic E-state index is -0.341. The summed E-state index contributed by atoms with van der Waals surface area (Å²) in [5.41, 5.74) is 1.10. The van der Waals surface area contributed by atoms with Gasteiger partial charge in [0.1, 0.15) is 10.1 Å². The topological polar surface area (TPSA) is 72.0 Å². The molecule has 0 bridgehead atoms. The lowest BCUT2D eigenvalue weighted by Crippen LogP contribution is -2.21. The van der Waals surface area contributed by atoms with Gasteiger partial charge in [-0.2, -0.15) is 0 Å². The molecule has 0 fully saturated rings. The highest BCUT2D eigenvalue weighted by Gasteiger charge is 2.23. The fraction of sp³-hybridized carbons (Fsp3) is 0.588. The third-order valence-electron chi connectivity index (χ3n) is 4.14. The Morgan fingerprint density at radius 3 is 2.92 bits per heavy atom. The molecule has 2 aromatic heterocycles. The fourth-order valence-corrected chi connectivity index (χ4v) is 5.14. The summed E-state index contributed by atoms with van der Waals surface area (Å²) in [4.78, 5) is 34.2. The summed E-state index contributed by atoms with van der Waals surface area (Å²) in [6.07, 6.45) is 5.76. The molecule has 3 rings (SSSR count). The Balaban J connectivity index is 1.87. The zero-order valence-corrected chi connectivity index (χ0v) is 15.6. The minimum absolute atomic E-state index is 0.0846. The molecule has 0 aliphatic heterocycles. The number of H-pyrrole nitrogens is 1. The van der Waals surface area contributed by atoms with E-state index in [1.807, 2.05) is 13.8 Å². The number of thioether (sulfide) groups is 1. The molecule has 0 saturated carbocycles. The quantitative estimate of drug-likeness (QED) is 0.480. The molecule has 0 spiro atoms. The third-order valence-corrected chi connectivity index (χ3v) is 6.55. The number of carbonyl (C=O) groups excluding carboxylic acids is 1. The molecule has 2 aromatic rings. The summed E-state index contributed by atoms with van der Waals surface area (Å²) in [5, 5.41) is 0.916. The first-order chi connectivity index (χ1) is 11.6. The van der Waals surface area contributed by atoms with Crippen molar-refractivity contribution in [1.82, 2.24) is 9.97 Å². The van der Waals surface area contributed by atoms with Crippen molar-refractivity contribution in [3.63, 3.8) is 0 Å². The van der Waals surface area contributed by atoms with E-state index in [-0.39, 0.29) is 16.8 Å². The Morgan fingerprint density at radius 2 is 2.17 bits per heavy atom. The van der Waals surface area contributed by atoms with Gasteiger partial charge >= 0.3 is 5.97 Å². The molecule has 0 aromatic carbocycles.